The van der Waals surface area contributed by atoms with Crippen molar-refractivity contribution in [3.63, 3.8) is 0 Å². The molecule has 3 aromatic rings. The number of benzene rings is 1. The number of hydrogen-bond donors (Lipinski definition) is 2. The molecule has 28 heavy (non-hydrogen) atoms. The summed E-state index contributed by atoms with van der Waals surface area (Å²) in [5.41, 5.74) is 12.0. The standard InChI is InChI=1S/C22H27N5O/c1-13(2)18-7-9-19(10-8-18)27-16(5)12-20(17(27)6)21(28)25-26-22-23-14(3)11-15(4)24-22/h7-13H,1-6H3,(H,25,28)(H,23,24,26). The Morgan fingerprint density at radius 3 is 2.14 bits per heavy atom. The van der Waals surface area contributed by atoms with E-state index < -0.39 is 0 Å². The molecular weight excluding hydrogens is 350 g/mol. The summed E-state index contributed by atoms with van der Waals surface area (Å²) in [6, 6.07) is 12.2. The van der Waals surface area contributed by atoms with Crippen LogP contribution in [-0.4, -0.2) is 20.4 Å². The molecule has 0 saturated carbocycles. The lowest BCUT2D eigenvalue weighted by Crippen LogP contribution is -2.30. The number of carbonyl (C=O) groups excluding carboxylic acids is 1. The largest absolute Gasteiger partial charge is 0.318 e. The van der Waals surface area contributed by atoms with Crippen LogP contribution in [0.15, 0.2) is 36.4 Å². The highest BCUT2D eigenvalue weighted by Crippen LogP contribution is 2.23. The molecule has 1 amide bonds. The third kappa shape index (κ3) is 4.06. The lowest BCUT2D eigenvalue weighted by Gasteiger charge is -2.12. The summed E-state index contributed by atoms with van der Waals surface area (Å²) >= 11 is 0. The zero-order chi connectivity index (χ0) is 20.4. The van der Waals surface area contributed by atoms with E-state index in [0.29, 0.717) is 17.4 Å². The van der Waals surface area contributed by atoms with E-state index in [0.717, 1.165) is 28.5 Å². The summed E-state index contributed by atoms with van der Waals surface area (Å²) in [6.07, 6.45) is 0. The predicted octanol–water partition coefficient (Wildman–Crippen LogP) is 4.38. The summed E-state index contributed by atoms with van der Waals surface area (Å²) < 4.78 is 2.09. The van der Waals surface area contributed by atoms with E-state index in [-0.39, 0.29) is 5.91 Å². The van der Waals surface area contributed by atoms with Gasteiger partial charge in [-0.2, -0.15) is 0 Å². The Balaban J connectivity index is 1.81. The Labute approximate surface area is 166 Å². The van der Waals surface area contributed by atoms with Gasteiger partial charge in [0.1, 0.15) is 0 Å². The number of nitrogens with zero attached hydrogens (tertiary/aromatic N) is 3. The van der Waals surface area contributed by atoms with Gasteiger partial charge >= 0.3 is 0 Å². The van der Waals surface area contributed by atoms with Crippen molar-refractivity contribution in [3.8, 4) is 5.69 Å². The summed E-state index contributed by atoms with van der Waals surface area (Å²) in [5, 5.41) is 0. The highest BCUT2D eigenvalue weighted by Gasteiger charge is 2.17. The molecule has 0 spiro atoms. The molecule has 0 atom stereocenters. The fourth-order valence-electron chi connectivity index (χ4n) is 3.36. The molecule has 6 nitrogen and oxygen atoms in total. The zero-order valence-corrected chi connectivity index (χ0v) is 17.3. The monoisotopic (exact) mass is 377 g/mol. The van der Waals surface area contributed by atoms with Gasteiger partial charge < -0.3 is 4.57 Å². The van der Waals surface area contributed by atoms with Crippen molar-refractivity contribution in [2.45, 2.75) is 47.5 Å². The Morgan fingerprint density at radius 2 is 1.57 bits per heavy atom. The highest BCUT2D eigenvalue weighted by atomic mass is 16.2. The van der Waals surface area contributed by atoms with Crippen LogP contribution in [0.25, 0.3) is 5.69 Å². The van der Waals surface area contributed by atoms with Crippen LogP contribution in [0.4, 0.5) is 5.95 Å². The fourth-order valence-corrected chi connectivity index (χ4v) is 3.36. The van der Waals surface area contributed by atoms with E-state index in [1.54, 1.807) is 0 Å². The first-order valence-corrected chi connectivity index (χ1v) is 9.44. The summed E-state index contributed by atoms with van der Waals surface area (Å²) in [7, 11) is 0. The Kier molecular flexibility index (Phi) is 5.49. The van der Waals surface area contributed by atoms with E-state index in [1.165, 1.54) is 5.56 Å². The van der Waals surface area contributed by atoms with Crippen LogP contribution in [0.1, 0.15) is 58.5 Å². The Hall–Kier alpha value is -3.15. The molecule has 0 saturated heterocycles. The average Bonchev–Trinajstić information content (AvgIpc) is 2.93. The molecule has 0 aliphatic carbocycles. The van der Waals surface area contributed by atoms with Gasteiger partial charge in [-0.3, -0.25) is 15.6 Å². The van der Waals surface area contributed by atoms with Crippen LogP contribution in [-0.2, 0) is 0 Å². The van der Waals surface area contributed by atoms with Crippen LogP contribution in [0.2, 0.25) is 0 Å². The van der Waals surface area contributed by atoms with Gasteiger partial charge in [0.05, 0.1) is 5.56 Å². The minimum absolute atomic E-state index is 0.221. The van der Waals surface area contributed by atoms with Crippen LogP contribution in [0.5, 0.6) is 0 Å². The van der Waals surface area contributed by atoms with Gasteiger partial charge in [0.25, 0.3) is 5.91 Å². The molecule has 3 rings (SSSR count). The van der Waals surface area contributed by atoms with Crippen molar-refractivity contribution in [2.24, 2.45) is 0 Å². The van der Waals surface area contributed by atoms with E-state index >= 15 is 0 Å². The molecule has 2 heterocycles. The number of amides is 1. The number of carbonyl (C=O) groups is 1. The lowest BCUT2D eigenvalue weighted by atomic mass is 10.0. The van der Waals surface area contributed by atoms with Gasteiger partial charge in [-0.25, -0.2) is 9.97 Å². The lowest BCUT2D eigenvalue weighted by molar-refractivity contribution is 0.0961. The number of hydrogen-bond acceptors (Lipinski definition) is 4. The van der Waals surface area contributed by atoms with Gasteiger partial charge in [-0.1, -0.05) is 26.0 Å². The number of anilines is 1. The minimum Gasteiger partial charge on any atom is -0.318 e. The second kappa shape index (κ2) is 7.84. The second-order valence-corrected chi connectivity index (χ2v) is 7.42. The molecule has 6 heteroatoms. The number of hydrazine groups is 1. The minimum atomic E-state index is -0.221. The van der Waals surface area contributed by atoms with E-state index in [1.807, 2.05) is 39.8 Å². The van der Waals surface area contributed by atoms with Crippen molar-refractivity contribution in [3.05, 3.63) is 70.3 Å². The van der Waals surface area contributed by atoms with E-state index in [4.69, 9.17) is 0 Å². The third-order valence-electron chi connectivity index (χ3n) is 4.76. The van der Waals surface area contributed by atoms with Gasteiger partial charge in [-0.15, -0.1) is 0 Å². The van der Waals surface area contributed by atoms with Crippen molar-refractivity contribution >= 4 is 11.9 Å². The SMILES string of the molecule is Cc1cc(C)nc(NNC(=O)c2cc(C)n(-c3ccc(C(C)C)cc3)c2C)n1. The fraction of sp³-hybridized carbons (Fsp3) is 0.318. The van der Waals surface area contributed by atoms with Crippen LogP contribution in [0, 0.1) is 27.7 Å². The van der Waals surface area contributed by atoms with Crippen molar-refractivity contribution in [1.29, 1.82) is 0 Å². The van der Waals surface area contributed by atoms with Crippen LogP contribution in [0.3, 0.4) is 0 Å². The van der Waals surface area contributed by atoms with Gasteiger partial charge in [0, 0.05) is 28.5 Å². The maximum atomic E-state index is 12.7. The molecule has 0 aliphatic rings. The van der Waals surface area contributed by atoms with Gasteiger partial charge in [0.15, 0.2) is 0 Å². The molecule has 0 fully saturated rings. The first-order valence-electron chi connectivity index (χ1n) is 9.44. The molecular formula is C22H27N5O. The van der Waals surface area contributed by atoms with Gasteiger partial charge in [-0.05, 0) is 63.4 Å². The number of rotatable bonds is 5. The van der Waals surface area contributed by atoms with E-state index in [9.17, 15) is 4.79 Å². The van der Waals surface area contributed by atoms with Gasteiger partial charge in [0.2, 0.25) is 5.95 Å². The maximum absolute atomic E-state index is 12.7. The zero-order valence-electron chi connectivity index (χ0n) is 17.3. The van der Waals surface area contributed by atoms with Crippen LogP contribution >= 0.6 is 0 Å². The number of aryl methyl sites for hydroxylation is 3. The quantitative estimate of drug-likeness (QED) is 0.647. The van der Waals surface area contributed by atoms with Crippen molar-refractivity contribution in [2.75, 3.05) is 5.43 Å². The Bertz CT molecular complexity index is 982. The van der Waals surface area contributed by atoms with Crippen molar-refractivity contribution in [1.82, 2.24) is 20.0 Å². The second-order valence-electron chi connectivity index (χ2n) is 7.42. The number of aromatic nitrogens is 3. The summed E-state index contributed by atoms with van der Waals surface area (Å²) in [4.78, 5) is 21.3. The molecule has 0 bridgehead atoms. The summed E-state index contributed by atoms with van der Waals surface area (Å²) in [6.45, 7) is 12.1. The topological polar surface area (TPSA) is 71.8 Å². The molecule has 0 unspecified atom stereocenters. The molecule has 1 aromatic carbocycles. The molecule has 0 radical (unpaired) electrons. The smallest absolute Gasteiger partial charge is 0.271 e. The molecule has 2 aromatic heterocycles. The predicted molar refractivity (Wildman–Crippen MR) is 112 cm³/mol. The highest BCUT2D eigenvalue weighted by molar-refractivity contribution is 5.96. The molecule has 0 aliphatic heterocycles. The molecule has 146 valence electrons. The van der Waals surface area contributed by atoms with Crippen LogP contribution < -0.4 is 10.9 Å². The van der Waals surface area contributed by atoms with Crippen molar-refractivity contribution < 1.29 is 4.79 Å². The molecule has 2 N–H and O–H groups in total. The Morgan fingerprint density at radius 1 is 0.964 bits per heavy atom. The number of nitrogens with one attached hydrogen (secondary N) is 2. The summed E-state index contributed by atoms with van der Waals surface area (Å²) in [5.74, 6) is 0.644. The first-order chi connectivity index (χ1) is 13.3. The third-order valence-corrected chi connectivity index (χ3v) is 4.76. The van der Waals surface area contributed by atoms with E-state index in [2.05, 4.69) is 63.5 Å². The normalized spacial score (nSPS) is 11.0. The maximum Gasteiger partial charge on any atom is 0.271 e. The average molecular weight is 377 g/mol. The first kappa shape index (κ1) is 19.6.